The number of nitrogens with zero attached hydrogens (tertiary/aromatic N) is 2. The van der Waals surface area contributed by atoms with Gasteiger partial charge >= 0.3 is 0 Å². The van der Waals surface area contributed by atoms with Crippen molar-refractivity contribution in [3.8, 4) is 11.1 Å². The summed E-state index contributed by atoms with van der Waals surface area (Å²) in [6.45, 7) is 5.62. The number of rotatable bonds is 10. The topological polar surface area (TPSA) is 102 Å². The molecule has 3 aromatic rings. The zero-order valence-electron chi connectivity index (χ0n) is 17.9. The lowest BCUT2D eigenvalue weighted by molar-refractivity contribution is 0.0753. The second-order valence-corrected chi connectivity index (χ2v) is 10.3. The highest BCUT2D eigenvalue weighted by Crippen LogP contribution is 2.38. The third-order valence-electron chi connectivity index (χ3n) is 4.80. The molecule has 0 aliphatic carbocycles. The lowest BCUT2D eigenvalue weighted by Crippen LogP contribution is -2.34. The molecule has 0 spiro atoms. The molecule has 8 nitrogen and oxygen atoms in total. The predicted molar refractivity (Wildman–Crippen MR) is 119 cm³/mol. The number of methoxy groups -OCH3 is 1. The van der Waals surface area contributed by atoms with Crippen molar-refractivity contribution in [2.75, 3.05) is 31.4 Å². The summed E-state index contributed by atoms with van der Waals surface area (Å²) in [5.41, 5.74) is 2.71. The van der Waals surface area contributed by atoms with Crippen LogP contribution in [0.2, 0.25) is 0 Å². The van der Waals surface area contributed by atoms with Crippen LogP contribution in [-0.2, 0) is 26.1 Å². The summed E-state index contributed by atoms with van der Waals surface area (Å²) in [6.07, 6.45) is 0. The van der Waals surface area contributed by atoms with Crippen molar-refractivity contribution < 1.29 is 27.5 Å². The molecule has 31 heavy (non-hydrogen) atoms. The zero-order chi connectivity index (χ0) is 22.6. The Labute approximate surface area is 186 Å². The molecule has 0 atom stereocenters. The normalized spacial score (nSPS) is 11.8. The number of sulfonamides is 1. The van der Waals surface area contributed by atoms with Gasteiger partial charge in [0.1, 0.15) is 16.7 Å². The van der Waals surface area contributed by atoms with Crippen molar-refractivity contribution >= 4 is 27.2 Å². The van der Waals surface area contributed by atoms with Crippen LogP contribution in [0, 0.1) is 20.8 Å². The van der Waals surface area contributed by atoms with Crippen LogP contribution < -0.4 is 4.31 Å². The second-order valence-electron chi connectivity index (χ2n) is 6.98. The van der Waals surface area contributed by atoms with Gasteiger partial charge in [0.25, 0.3) is 10.0 Å². The largest absolute Gasteiger partial charge is 0.392 e. The van der Waals surface area contributed by atoms with Gasteiger partial charge in [0.15, 0.2) is 5.82 Å². The Morgan fingerprint density at radius 1 is 1.16 bits per heavy atom. The number of thiophene rings is 1. The minimum atomic E-state index is -4.01. The third-order valence-corrected chi connectivity index (χ3v) is 8.08. The molecule has 1 aromatic carbocycles. The first-order valence-corrected chi connectivity index (χ1v) is 11.9. The molecule has 0 saturated heterocycles. The van der Waals surface area contributed by atoms with Gasteiger partial charge in [-0.25, -0.2) is 12.7 Å². The summed E-state index contributed by atoms with van der Waals surface area (Å²) in [7, 11) is -2.46. The van der Waals surface area contributed by atoms with E-state index in [1.54, 1.807) is 45.2 Å². The van der Waals surface area contributed by atoms with Gasteiger partial charge in [-0.15, -0.1) is 11.3 Å². The fraction of sp³-hybridized carbons (Fsp3) is 0.381. The van der Waals surface area contributed by atoms with Crippen molar-refractivity contribution in [1.82, 2.24) is 5.16 Å². The molecule has 0 bridgehead atoms. The Balaban J connectivity index is 2.06. The molecular formula is C21H26N2O6S2. The average Bonchev–Trinajstić information content (AvgIpc) is 3.31. The summed E-state index contributed by atoms with van der Waals surface area (Å²) in [6, 6.07) is 9.00. The molecule has 0 amide bonds. The first kappa shape index (κ1) is 23.4. The maximum Gasteiger partial charge on any atom is 0.277 e. The van der Waals surface area contributed by atoms with E-state index in [1.165, 1.54) is 11.3 Å². The zero-order valence-corrected chi connectivity index (χ0v) is 19.5. The Bertz CT molecular complexity index is 1120. The summed E-state index contributed by atoms with van der Waals surface area (Å²) in [5.74, 6) is 0.733. The molecule has 0 aliphatic heterocycles. The van der Waals surface area contributed by atoms with Crippen molar-refractivity contribution in [3.63, 3.8) is 0 Å². The van der Waals surface area contributed by atoms with Crippen LogP contribution in [0.25, 0.3) is 11.1 Å². The van der Waals surface area contributed by atoms with Crippen LogP contribution in [0.4, 0.5) is 5.82 Å². The van der Waals surface area contributed by atoms with Gasteiger partial charge in [0.05, 0.1) is 19.8 Å². The van der Waals surface area contributed by atoms with Gasteiger partial charge < -0.3 is 19.1 Å². The Hall–Kier alpha value is -2.24. The van der Waals surface area contributed by atoms with Crippen molar-refractivity contribution in [1.29, 1.82) is 0 Å². The molecule has 0 aliphatic rings. The first-order valence-electron chi connectivity index (χ1n) is 9.62. The van der Waals surface area contributed by atoms with Crippen LogP contribution >= 0.6 is 11.3 Å². The number of aliphatic hydroxyl groups is 1. The number of anilines is 1. The van der Waals surface area contributed by atoms with Gasteiger partial charge in [-0.05, 0) is 38.0 Å². The van der Waals surface area contributed by atoms with Gasteiger partial charge in [-0.3, -0.25) is 0 Å². The van der Waals surface area contributed by atoms with Crippen LogP contribution in [-0.4, -0.2) is 45.7 Å². The Morgan fingerprint density at radius 2 is 1.87 bits per heavy atom. The predicted octanol–water partition coefficient (Wildman–Crippen LogP) is 3.64. The van der Waals surface area contributed by atoms with E-state index in [1.807, 2.05) is 13.0 Å². The monoisotopic (exact) mass is 466 g/mol. The molecule has 3 rings (SSSR count). The van der Waals surface area contributed by atoms with Gasteiger partial charge in [0.2, 0.25) is 0 Å². The van der Waals surface area contributed by atoms with Gasteiger partial charge in [-0.2, -0.15) is 0 Å². The fourth-order valence-corrected chi connectivity index (χ4v) is 6.06. The molecule has 0 radical (unpaired) electrons. The number of aryl methyl sites for hydroxylation is 2. The first-order chi connectivity index (χ1) is 14.8. The molecular weight excluding hydrogens is 440 g/mol. The standard InChI is InChI=1S/C21H26N2O6S2/c1-14-11-19(18-7-5-17(12-24)6-8-18)21(30-14)31(25,26)23(13-28-10-9-27-4)20-15(2)16(3)29-22-20/h5-8,11,24H,9-10,12-13H2,1-4H3. The maximum atomic E-state index is 13.8. The number of aromatic nitrogens is 1. The van der Waals surface area contributed by atoms with Crippen molar-refractivity contribution in [2.24, 2.45) is 0 Å². The number of ether oxygens (including phenoxy) is 2. The lowest BCUT2D eigenvalue weighted by Gasteiger charge is -2.22. The average molecular weight is 467 g/mol. The van der Waals surface area contributed by atoms with Crippen LogP contribution in [0.3, 0.4) is 0 Å². The summed E-state index contributed by atoms with van der Waals surface area (Å²) >= 11 is 1.19. The minimum absolute atomic E-state index is 0.0779. The van der Waals surface area contributed by atoms with Crippen LogP contribution in [0.15, 0.2) is 39.1 Å². The molecule has 0 unspecified atom stereocenters. The van der Waals surface area contributed by atoms with E-state index >= 15 is 0 Å². The van der Waals surface area contributed by atoms with E-state index < -0.39 is 10.0 Å². The fourth-order valence-electron chi connectivity index (χ4n) is 2.95. The highest BCUT2D eigenvalue weighted by molar-refractivity contribution is 7.95. The molecule has 2 heterocycles. The summed E-state index contributed by atoms with van der Waals surface area (Å²) in [4.78, 5) is 0.855. The molecule has 168 valence electrons. The summed E-state index contributed by atoms with van der Waals surface area (Å²) in [5, 5.41) is 13.3. The van der Waals surface area contributed by atoms with E-state index in [0.717, 1.165) is 20.3 Å². The minimum Gasteiger partial charge on any atom is -0.392 e. The molecule has 10 heteroatoms. The maximum absolute atomic E-state index is 13.8. The smallest absolute Gasteiger partial charge is 0.277 e. The SMILES string of the molecule is COCCOCN(c1noc(C)c1C)S(=O)(=O)c1sc(C)cc1-c1ccc(CO)cc1. The van der Waals surface area contributed by atoms with Crippen LogP contribution in [0.1, 0.15) is 21.8 Å². The van der Waals surface area contributed by atoms with Gasteiger partial charge in [0, 0.05) is 23.1 Å². The van der Waals surface area contributed by atoms with E-state index in [0.29, 0.717) is 23.5 Å². The Morgan fingerprint density at radius 3 is 2.45 bits per heavy atom. The number of hydrogen-bond acceptors (Lipinski definition) is 8. The quantitative estimate of drug-likeness (QED) is 0.359. The van der Waals surface area contributed by atoms with E-state index in [-0.39, 0.29) is 30.0 Å². The highest BCUT2D eigenvalue weighted by atomic mass is 32.2. The van der Waals surface area contributed by atoms with Gasteiger partial charge in [-0.1, -0.05) is 29.4 Å². The highest BCUT2D eigenvalue weighted by Gasteiger charge is 2.33. The van der Waals surface area contributed by atoms with E-state index in [4.69, 9.17) is 14.0 Å². The van der Waals surface area contributed by atoms with Crippen molar-refractivity contribution in [2.45, 2.75) is 31.6 Å². The number of aliphatic hydroxyl groups excluding tert-OH is 1. The second kappa shape index (κ2) is 9.92. The van der Waals surface area contributed by atoms with Crippen molar-refractivity contribution in [3.05, 3.63) is 52.1 Å². The van der Waals surface area contributed by atoms with E-state index in [9.17, 15) is 13.5 Å². The Kier molecular flexibility index (Phi) is 7.50. The molecule has 1 N–H and O–H groups in total. The summed E-state index contributed by atoms with van der Waals surface area (Å²) < 4.78 is 44.7. The van der Waals surface area contributed by atoms with Crippen LogP contribution in [0.5, 0.6) is 0 Å². The molecule has 0 saturated carbocycles. The lowest BCUT2D eigenvalue weighted by atomic mass is 10.1. The third kappa shape index (κ3) is 4.99. The molecule has 0 fully saturated rings. The van der Waals surface area contributed by atoms with E-state index in [2.05, 4.69) is 5.16 Å². The number of benzene rings is 1. The molecule has 2 aromatic heterocycles. The number of hydrogen-bond donors (Lipinski definition) is 1.